The van der Waals surface area contributed by atoms with E-state index in [0.717, 1.165) is 22.6 Å². The van der Waals surface area contributed by atoms with Crippen molar-refractivity contribution in [2.75, 3.05) is 0 Å². The third-order valence-corrected chi connectivity index (χ3v) is 4.26. The third kappa shape index (κ3) is 4.68. The number of benzene rings is 2. The monoisotopic (exact) mass is 376 g/mol. The van der Waals surface area contributed by atoms with E-state index < -0.39 is 0 Å². The first-order valence-corrected chi connectivity index (χ1v) is 8.55. The number of rotatable bonds is 6. The summed E-state index contributed by atoms with van der Waals surface area (Å²) in [5, 5.41) is 5.58. The second-order valence-electron chi connectivity index (χ2n) is 5.73. The summed E-state index contributed by atoms with van der Waals surface area (Å²) >= 11 is 12.0. The molecule has 4 nitrogen and oxygen atoms in total. The van der Waals surface area contributed by atoms with Crippen LogP contribution in [-0.2, 0) is 20.3 Å². The highest BCUT2D eigenvalue weighted by Crippen LogP contribution is 2.26. The second-order valence-corrected chi connectivity index (χ2v) is 6.57. The lowest BCUT2D eigenvalue weighted by molar-refractivity contribution is 0.285. The smallest absolute Gasteiger partial charge is 0.134 e. The van der Waals surface area contributed by atoms with E-state index in [1.807, 2.05) is 56.4 Å². The first-order valence-electron chi connectivity index (χ1n) is 7.80. The Balaban J connectivity index is 1.65. The van der Waals surface area contributed by atoms with E-state index in [2.05, 4.69) is 5.10 Å². The summed E-state index contributed by atoms with van der Waals surface area (Å²) in [5.41, 5.74) is 2.77. The topological polar surface area (TPSA) is 36.3 Å². The van der Waals surface area contributed by atoms with Gasteiger partial charge in [-0.3, -0.25) is 4.68 Å². The van der Waals surface area contributed by atoms with Crippen LogP contribution in [0.5, 0.6) is 11.5 Å². The number of nitrogens with zero attached hydrogens (tertiary/aromatic N) is 2. The normalized spacial score (nSPS) is 10.7. The second kappa shape index (κ2) is 7.81. The average Bonchev–Trinajstić information content (AvgIpc) is 2.92. The summed E-state index contributed by atoms with van der Waals surface area (Å²) < 4.78 is 13.4. The van der Waals surface area contributed by atoms with Crippen molar-refractivity contribution in [1.82, 2.24) is 9.78 Å². The first kappa shape index (κ1) is 17.6. The van der Waals surface area contributed by atoms with Gasteiger partial charge in [0.2, 0.25) is 0 Å². The Labute approximate surface area is 156 Å². The van der Waals surface area contributed by atoms with E-state index in [0.29, 0.717) is 29.0 Å². The van der Waals surface area contributed by atoms with Crippen molar-refractivity contribution in [2.24, 2.45) is 7.05 Å². The number of aryl methyl sites for hydroxylation is 2. The molecule has 0 aliphatic carbocycles. The maximum atomic E-state index is 6.11. The zero-order valence-corrected chi connectivity index (χ0v) is 15.5. The van der Waals surface area contributed by atoms with Crippen LogP contribution in [0.1, 0.15) is 16.8 Å². The minimum absolute atomic E-state index is 0.307. The van der Waals surface area contributed by atoms with Crippen molar-refractivity contribution in [3.8, 4) is 11.5 Å². The quantitative estimate of drug-likeness (QED) is 0.593. The fourth-order valence-corrected chi connectivity index (χ4v) is 2.68. The lowest BCUT2D eigenvalue weighted by atomic mass is 10.2. The van der Waals surface area contributed by atoms with Gasteiger partial charge in [-0.05, 0) is 36.2 Å². The molecule has 25 heavy (non-hydrogen) atoms. The number of aromatic nitrogens is 2. The lowest BCUT2D eigenvalue weighted by Gasteiger charge is -2.12. The highest BCUT2D eigenvalue weighted by atomic mass is 35.5. The molecule has 1 heterocycles. The van der Waals surface area contributed by atoms with E-state index in [1.54, 1.807) is 10.9 Å². The SMILES string of the molecule is Cc1ccc(OCc2ccc(Cl)cc2)cc1OCc1nn(C)cc1Cl. The summed E-state index contributed by atoms with van der Waals surface area (Å²) in [6, 6.07) is 13.3. The van der Waals surface area contributed by atoms with Gasteiger partial charge >= 0.3 is 0 Å². The molecule has 6 heteroatoms. The van der Waals surface area contributed by atoms with Crippen molar-refractivity contribution >= 4 is 23.2 Å². The molecule has 0 amide bonds. The highest BCUT2D eigenvalue weighted by molar-refractivity contribution is 6.31. The Bertz CT molecular complexity index is 860. The van der Waals surface area contributed by atoms with Crippen LogP contribution < -0.4 is 9.47 Å². The van der Waals surface area contributed by atoms with Gasteiger partial charge in [-0.1, -0.05) is 41.4 Å². The molecule has 0 radical (unpaired) electrons. The van der Waals surface area contributed by atoms with Crippen LogP contribution in [0.15, 0.2) is 48.7 Å². The standard InChI is InChI=1S/C19H18Cl2N2O2/c1-13-3-8-16(24-11-14-4-6-15(20)7-5-14)9-19(13)25-12-18-17(21)10-23(2)22-18/h3-10H,11-12H2,1-2H3. The molecule has 0 saturated heterocycles. The molecule has 0 bridgehead atoms. The van der Waals surface area contributed by atoms with Crippen LogP contribution in [0, 0.1) is 6.92 Å². The Morgan fingerprint density at radius 1 is 1.00 bits per heavy atom. The zero-order valence-electron chi connectivity index (χ0n) is 14.0. The van der Waals surface area contributed by atoms with Gasteiger partial charge in [0, 0.05) is 24.3 Å². The van der Waals surface area contributed by atoms with Gasteiger partial charge in [0.15, 0.2) is 0 Å². The maximum absolute atomic E-state index is 6.11. The molecule has 130 valence electrons. The van der Waals surface area contributed by atoms with Crippen LogP contribution >= 0.6 is 23.2 Å². The fourth-order valence-electron chi connectivity index (χ4n) is 2.32. The minimum atomic E-state index is 0.307. The summed E-state index contributed by atoms with van der Waals surface area (Å²) in [6.45, 7) is 2.76. The molecule has 1 aromatic heterocycles. The average molecular weight is 377 g/mol. The Kier molecular flexibility index (Phi) is 5.51. The molecule has 0 atom stereocenters. The summed E-state index contributed by atoms with van der Waals surface area (Å²) in [7, 11) is 1.83. The van der Waals surface area contributed by atoms with Crippen LogP contribution in [0.25, 0.3) is 0 Å². The Hall–Kier alpha value is -2.17. The molecule has 2 aromatic carbocycles. The largest absolute Gasteiger partial charge is 0.489 e. The zero-order chi connectivity index (χ0) is 17.8. The summed E-state index contributed by atoms with van der Waals surface area (Å²) in [6.07, 6.45) is 1.75. The molecule has 0 N–H and O–H groups in total. The van der Waals surface area contributed by atoms with Gasteiger partial charge in [0.05, 0.1) is 5.02 Å². The van der Waals surface area contributed by atoms with Crippen LogP contribution in [-0.4, -0.2) is 9.78 Å². The van der Waals surface area contributed by atoms with E-state index >= 15 is 0 Å². The Morgan fingerprint density at radius 3 is 2.44 bits per heavy atom. The predicted octanol–water partition coefficient (Wildman–Crippen LogP) is 5.19. The number of halogens is 2. The molecule has 0 fully saturated rings. The predicted molar refractivity (Wildman–Crippen MR) is 99.5 cm³/mol. The lowest BCUT2D eigenvalue weighted by Crippen LogP contribution is -2.01. The van der Waals surface area contributed by atoms with Crippen LogP contribution in [0.2, 0.25) is 10.0 Å². The summed E-state index contributed by atoms with van der Waals surface area (Å²) in [5.74, 6) is 1.48. The van der Waals surface area contributed by atoms with Crippen molar-refractivity contribution in [1.29, 1.82) is 0 Å². The molecule has 3 rings (SSSR count). The maximum Gasteiger partial charge on any atom is 0.134 e. The molecule has 3 aromatic rings. The first-order chi connectivity index (χ1) is 12.0. The van der Waals surface area contributed by atoms with E-state index in [-0.39, 0.29) is 0 Å². The van der Waals surface area contributed by atoms with E-state index in [1.165, 1.54) is 0 Å². The van der Waals surface area contributed by atoms with Gasteiger partial charge in [0.25, 0.3) is 0 Å². The molecule has 0 aliphatic rings. The van der Waals surface area contributed by atoms with Gasteiger partial charge < -0.3 is 9.47 Å². The van der Waals surface area contributed by atoms with E-state index in [9.17, 15) is 0 Å². The van der Waals surface area contributed by atoms with Crippen molar-refractivity contribution in [3.63, 3.8) is 0 Å². The van der Waals surface area contributed by atoms with Crippen LogP contribution in [0.3, 0.4) is 0 Å². The van der Waals surface area contributed by atoms with E-state index in [4.69, 9.17) is 32.7 Å². The van der Waals surface area contributed by atoms with Crippen molar-refractivity contribution in [2.45, 2.75) is 20.1 Å². The minimum Gasteiger partial charge on any atom is -0.489 e. The third-order valence-electron chi connectivity index (χ3n) is 3.70. The molecule has 0 unspecified atom stereocenters. The van der Waals surface area contributed by atoms with Gasteiger partial charge in [-0.25, -0.2) is 0 Å². The molecular weight excluding hydrogens is 359 g/mol. The van der Waals surface area contributed by atoms with Gasteiger partial charge in [-0.15, -0.1) is 0 Å². The number of hydrogen-bond donors (Lipinski definition) is 0. The van der Waals surface area contributed by atoms with Crippen molar-refractivity contribution in [3.05, 3.63) is 75.5 Å². The van der Waals surface area contributed by atoms with Gasteiger partial charge in [0.1, 0.15) is 30.4 Å². The Morgan fingerprint density at radius 2 is 1.76 bits per heavy atom. The van der Waals surface area contributed by atoms with Crippen molar-refractivity contribution < 1.29 is 9.47 Å². The summed E-state index contributed by atoms with van der Waals surface area (Å²) in [4.78, 5) is 0. The van der Waals surface area contributed by atoms with Gasteiger partial charge in [-0.2, -0.15) is 5.10 Å². The molecule has 0 saturated carbocycles. The molecule has 0 aliphatic heterocycles. The number of hydrogen-bond acceptors (Lipinski definition) is 3. The fraction of sp³-hybridized carbons (Fsp3) is 0.211. The highest BCUT2D eigenvalue weighted by Gasteiger charge is 2.08. The molecular formula is C19H18Cl2N2O2. The number of ether oxygens (including phenoxy) is 2. The van der Waals surface area contributed by atoms with Crippen LogP contribution in [0.4, 0.5) is 0 Å². The molecule has 0 spiro atoms.